The van der Waals surface area contributed by atoms with Crippen LogP contribution in [0, 0.1) is 6.92 Å². The minimum atomic E-state index is -0.0676. The number of aromatic hydroxyl groups is 1. The summed E-state index contributed by atoms with van der Waals surface area (Å²) >= 11 is 5.96. The zero-order chi connectivity index (χ0) is 18.3. The van der Waals surface area contributed by atoms with E-state index in [0.717, 1.165) is 22.6 Å². The molecule has 0 saturated heterocycles. The van der Waals surface area contributed by atoms with Gasteiger partial charge in [-0.3, -0.25) is 4.79 Å². The van der Waals surface area contributed by atoms with E-state index in [2.05, 4.69) is 5.16 Å². The van der Waals surface area contributed by atoms with Crippen LogP contribution < -0.4 is 0 Å². The molecule has 0 saturated carbocycles. The van der Waals surface area contributed by atoms with Gasteiger partial charge < -0.3 is 14.5 Å². The van der Waals surface area contributed by atoms with E-state index < -0.39 is 0 Å². The van der Waals surface area contributed by atoms with Crippen molar-refractivity contribution in [1.82, 2.24) is 10.1 Å². The van der Waals surface area contributed by atoms with E-state index in [1.54, 1.807) is 30.0 Å². The van der Waals surface area contributed by atoms with Crippen LogP contribution in [-0.4, -0.2) is 27.6 Å². The highest BCUT2D eigenvalue weighted by molar-refractivity contribution is 6.30. The van der Waals surface area contributed by atoms with Gasteiger partial charge in [-0.2, -0.15) is 0 Å². The lowest BCUT2D eigenvalue weighted by atomic mass is 10.0. The SMILES string of the molecule is Cc1cc(C(=O)N2CCc3onc(-c4ccc(Cl)cc4)c3C2)ccc1O. The van der Waals surface area contributed by atoms with Crippen molar-refractivity contribution in [2.75, 3.05) is 6.54 Å². The molecule has 4 rings (SSSR count). The van der Waals surface area contributed by atoms with E-state index >= 15 is 0 Å². The van der Waals surface area contributed by atoms with Crippen molar-refractivity contribution >= 4 is 17.5 Å². The summed E-state index contributed by atoms with van der Waals surface area (Å²) in [5.74, 6) is 0.939. The Morgan fingerprint density at radius 2 is 2.00 bits per heavy atom. The first-order valence-electron chi connectivity index (χ1n) is 8.35. The number of phenols is 1. The fourth-order valence-electron chi connectivity index (χ4n) is 3.19. The molecule has 26 heavy (non-hydrogen) atoms. The number of amides is 1. The van der Waals surface area contributed by atoms with Gasteiger partial charge in [0.15, 0.2) is 0 Å². The molecule has 1 aliphatic heterocycles. The number of halogens is 1. The molecule has 0 radical (unpaired) electrons. The maximum atomic E-state index is 12.9. The third-order valence-corrected chi connectivity index (χ3v) is 4.93. The summed E-state index contributed by atoms with van der Waals surface area (Å²) in [6.45, 7) is 2.79. The second-order valence-corrected chi connectivity index (χ2v) is 6.85. The molecule has 5 nitrogen and oxygen atoms in total. The Morgan fingerprint density at radius 3 is 2.73 bits per heavy atom. The molecule has 1 aromatic heterocycles. The zero-order valence-electron chi connectivity index (χ0n) is 14.2. The Bertz CT molecular complexity index is 979. The summed E-state index contributed by atoms with van der Waals surface area (Å²) < 4.78 is 5.49. The van der Waals surface area contributed by atoms with Crippen LogP contribution in [0.15, 0.2) is 47.0 Å². The Labute approximate surface area is 155 Å². The lowest BCUT2D eigenvalue weighted by Gasteiger charge is -2.26. The monoisotopic (exact) mass is 368 g/mol. The predicted octanol–water partition coefficient (Wildman–Crippen LogP) is 4.21. The van der Waals surface area contributed by atoms with Crippen molar-refractivity contribution in [3.63, 3.8) is 0 Å². The van der Waals surface area contributed by atoms with Crippen molar-refractivity contribution in [1.29, 1.82) is 0 Å². The first-order chi connectivity index (χ1) is 12.5. The fraction of sp³-hybridized carbons (Fsp3) is 0.200. The second-order valence-electron chi connectivity index (χ2n) is 6.42. The van der Waals surface area contributed by atoms with Gasteiger partial charge in [-0.15, -0.1) is 0 Å². The largest absolute Gasteiger partial charge is 0.508 e. The molecule has 2 heterocycles. The Morgan fingerprint density at radius 1 is 1.23 bits per heavy atom. The average Bonchev–Trinajstić information content (AvgIpc) is 3.07. The van der Waals surface area contributed by atoms with E-state index in [-0.39, 0.29) is 11.7 Å². The predicted molar refractivity (Wildman–Crippen MR) is 98.2 cm³/mol. The number of rotatable bonds is 2. The minimum Gasteiger partial charge on any atom is -0.508 e. The molecule has 0 spiro atoms. The average molecular weight is 369 g/mol. The molecule has 132 valence electrons. The minimum absolute atomic E-state index is 0.0676. The van der Waals surface area contributed by atoms with Gasteiger partial charge in [0.05, 0.1) is 6.54 Å². The maximum absolute atomic E-state index is 12.9. The lowest BCUT2D eigenvalue weighted by molar-refractivity contribution is 0.0729. The molecular formula is C20H17ClN2O3. The summed E-state index contributed by atoms with van der Waals surface area (Å²) in [6.07, 6.45) is 0.624. The molecule has 0 bridgehead atoms. The number of nitrogens with zero attached hydrogens (tertiary/aromatic N) is 2. The molecule has 6 heteroatoms. The van der Waals surface area contributed by atoms with Crippen LogP contribution in [0.4, 0.5) is 0 Å². The normalized spacial score (nSPS) is 13.5. The molecule has 1 amide bonds. The summed E-state index contributed by atoms with van der Waals surface area (Å²) in [5, 5.41) is 14.5. The van der Waals surface area contributed by atoms with E-state index in [0.29, 0.717) is 35.7 Å². The topological polar surface area (TPSA) is 66.6 Å². The van der Waals surface area contributed by atoms with Crippen molar-refractivity contribution in [2.24, 2.45) is 0 Å². The number of carbonyl (C=O) groups excluding carboxylic acids is 1. The number of hydrogen-bond donors (Lipinski definition) is 1. The first kappa shape index (κ1) is 16.7. The van der Waals surface area contributed by atoms with E-state index in [1.165, 1.54) is 0 Å². The smallest absolute Gasteiger partial charge is 0.254 e. The number of aryl methyl sites for hydroxylation is 1. The third kappa shape index (κ3) is 2.95. The number of benzene rings is 2. The quantitative estimate of drug-likeness (QED) is 0.735. The molecular weight excluding hydrogens is 352 g/mol. The summed E-state index contributed by atoms with van der Waals surface area (Å²) in [5.41, 5.74) is 3.83. The summed E-state index contributed by atoms with van der Waals surface area (Å²) in [4.78, 5) is 14.6. The fourth-order valence-corrected chi connectivity index (χ4v) is 3.31. The van der Waals surface area contributed by atoms with E-state index in [9.17, 15) is 9.90 Å². The third-order valence-electron chi connectivity index (χ3n) is 4.68. The molecule has 0 atom stereocenters. The van der Waals surface area contributed by atoms with Crippen LogP contribution in [0.3, 0.4) is 0 Å². The number of aromatic nitrogens is 1. The highest BCUT2D eigenvalue weighted by atomic mass is 35.5. The lowest BCUT2D eigenvalue weighted by Crippen LogP contribution is -2.35. The Hall–Kier alpha value is -2.79. The molecule has 1 aliphatic rings. The van der Waals surface area contributed by atoms with Crippen molar-refractivity contribution in [3.05, 3.63) is 69.9 Å². The van der Waals surface area contributed by atoms with Crippen LogP contribution >= 0.6 is 11.6 Å². The first-order valence-corrected chi connectivity index (χ1v) is 8.73. The molecule has 2 aromatic carbocycles. The maximum Gasteiger partial charge on any atom is 0.254 e. The highest BCUT2D eigenvalue weighted by Gasteiger charge is 2.28. The number of phenolic OH excluding ortho intramolecular Hbond substituents is 1. The van der Waals surface area contributed by atoms with Gasteiger partial charge in [0.1, 0.15) is 17.2 Å². The number of hydrogen-bond acceptors (Lipinski definition) is 4. The van der Waals surface area contributed by atoms with Gasteiger partial charge in [-0.1, -0.05) is 28.9 Å². The molecule has 0 aliphatic carbocycles. The second kappa shape index (κ2) is 6.50. The molecule has 1 N–H and O–H groups in total. The zero-order valence-corrected chi connectivity index (χ0v) is 15.0. The van der Waals surface area contributed by atoms with E-state index in [1.807, 2.05) is 24.3 Å². The van der Waals surface area contributed by atoms with Crippen LogP contribution in [0.25, 0.3) is 11.3 Å². The van der Waals surface area contributed by atoms with Crippen LogP contribution in [0.2, 0.25) is 5.02 Å². The van der Waals surface area contributed by atoms with Crippen LogP contribution in [0.5, 0.6) is 5.75 Å². The standard InChI is InChI=1S/C20H17ClN2O3/c1-12-10-14(4-7-17(12)24)20(25)23-9-8-18-16(11-23)19(22-26-18)13-2-5-15(21)6-3-13/h2-7,10,24H,8-9,11H2,1H3. The Balaban J connectivity index is 1.63. The molecule has 0 unspecified atom stereocenters. The van der Waals surface area contributed by atoms with Crippen molar-refractivity contribution in [2.45, 2.75) is 19.9 Å². The van der Waals surface area contributed by atoms with Gasteiger partial charge >= 0.3 is 0 Å². The molecule has 0 fully saturated rings. The summed E-state index contributed by atoms with van der Waals surface area (Å²) in [6, 6.07) is 12.3. The van der Waals surface area contributed by atoms with Crippen molar-refractivity contribution in [3.8, 4) is 17.0 Å². The van der Waals surface area contributed by atoms with Crippen LogP contribution in [0.1, 0.15) is 27.2 Å². The van der Waals surface area contributed by atoms with Gasteiger partial charge in [-0.25, -0.2) is 0 Å². The van der Waals surface area contributed by atoms with Gasteiger partial charge in [0, 0.05) is 34.7 Å². The number of fused-ring (bicyclic) bond motifs is 1. The summed E-state index contributed by atoms with van der Waals surface area (Å²) in [7, 11) is 0. The molecule has 3 aromatic rings. The van der Waals surface area contributed by atoms with Crippen LogP contribution in [-0.2, 0) is 13.0 Å². The Kier molecular flexibility index (Phi) is 4.17. The highest BCUT2D eigenvalue weighted by Crippen LogP contribution is 2.31. The number of carbonyl (C=O) groups is 1. The van der Waals surface area contributed by atoms with Gasteiger partial charge in [0.25, 0.3) is 5.91 Å². The van der Waals surface area contributed by atoms with Gasteiger partial charge in [-0.05, 0) is 42.8 Å². The van der Waals surface area contributed by atoms with E-state index in [4.69, 9.17) is 16.1 Å². The van der Waals surface area contributed by atoms with Gasteiger partial charge in [0.2, 0.25) is 0 Å². The van der Waals surface area contributed by atoms with Crippen molar-refractivity contribution < 1.29 is 14.4 Å².